The fourth-order valence-electron chi connectivity index (χ4n) is 2.55. The van der Waals surface area contributed by atoms with E-state index in [1.54, 1.807) is 18.3 Å². The van der Waals surface area contributed by atoms with Crippen molar-refractivity contribution in [1.82, 2.24) is 15.2 Å². The first-order valence-corrected chi connectivity index (χ1v) is 8.61. The van der Waals surface area contributed by atoms with Crippen LogP contribution in [0, 0.1) is 5.92 Å². The SMILES string of the molecule is CSc1ncccc1C(=O)N1CCC(CNC(=O)C(N)=O)CC1. The molecule has 2 heterocycles. The van der Waals surface area contributed by atoms with Crippen LogP contribution in [0.1, 0.15) is 23.2 Å². The Hall–Kier alpha value is -2.09. The highest BCUT2D eigenvalue weighted by Crippen LogP contribution is 2.22. The predicted molar refractivity (Wildman–Crippen MR) is 86.8 cm³/mol. The molecule has 1 aliphatic rings. The number of pyridine rings is 1. The number of carbonyl (C=O) groups is 3. The summed E-state index contributed by atoms with van der Waals surface area (Å²) < 4.78 is 0. The van der Waals surface area contributed by atoms with Crippen molar-refractivity contribution in [2.75, 3.05) is 25.9 Å². The number of amides is 3. The van der Waals surface area contributed by atoms with Crippen molar-refractivity contribution in [2.24, 2.45) is 11.7 Å². The molecule has 3 N–H and O–H groups in total. The van der Waals surface area contributed by atoms with E-state index in [4.69, 9.17) is 5.73 Å². The third-order valence-corrected chi connectivity index (χ3v) is 4.58. The van der Waals surface area contributed by atoms with Gasteiger partial charge < -0.3 is 16.0 Å². The lowest BCUT2D eigenvalue weighted by molar-refractivity contribution is -0.137. The zero-order valence-corrected chi connectivity index (χ0v) is 13.8. The molecule has 0 radical (unpaired) electrons. The summed E-state index contributed by atoms with van der Waals surface area (Å²) in [6.07, 6.45) is 5.13. The molecule has 1 fully saturated rings. The Morgan fingerprint density at radius 3 is 2.70 bits per heavy atom. The Labute approximate surface area is 139 Å². The van der Waals surface area contributed by atoms with Gasteiger partial charge in [0, 0.05) is 25.8 Å². The van der Waals surface area contributed by atoms with Gasteiger partial charge >= 0.3 is 11.8 Å². The van der Waals surface area contributed by atoms with Gasteiger partial charge in [0.25, 0.3) is 5.91 Å². The van der Waals surface area contributed by atoms with E-state index in [0.29, 0.717) is 25.2 Å². The van der Waals surface area contributed by atoms with Crippen LogP contribution in [0.5, 0.6) is 0 Å². The minimum Gasteiger partial charge on any atom is -0.361 e. The van der Waals surface area contributed by atoms with Gasteiger partial charge in [-0.25, -0.2) is 4.98 Å². The fraction of sp³-hybridized carbons (Fsp3) is 0.467. The van der Waals surface area contributed by atoms with Crippen molar-refractivity contribution < 1.29 is 14.4 Å². The average molecular weight is 336 g/mol. The first-order chi connectivity index (χ1) is 11.0. The fourth-order valence-corrected chi connectivity index (χ4v) is 3.09. The summed E-state index contributed by atoms with van der Waals surface area (Å²) >= 11 is 1.45. The van der Waals surface area contributed by atoms with E-state index in [1.165, 1.54) is 11.8 Å². The van der Waals surface area contributed by atoms with Crippen LogP contribution in [0.2, 0.25) is 0 Å². The maximum Gasteiger partial charge on any atom is 0.309 e. The van der Waals surface area contributed by atoms with Crippen LogP contribution in [-0.4, -0.2) is 53.5 Å². The highest BCUT2D eigenvalue weighted by Gasteiger charge is 2.25. The summed E-state index contributed by atoms with van der Waals surface area (Å²) in [6.45, 7) is 1.66. The Morgan fingerprint density at radius 1 is 1.39 bits per heavy atom. The van der Waals surface area contributed by atoms with Crippen LogP contribution in [0.15, 0.2) is 23.4 Å². The van der Waals surface area contributed by atoms with Crippen LogP contribution < -0.4 is 11.1 Å². The van der Waals surface area contributed by atoms with E-state index in [-0.39, 0.29) is 11.8 Å². The van der Waals surface area contributed by atoms with Crippen LogP contribution in [0.25, 0.3) is 0 Å². The molecule has 0 bridgehead atoms. The number of hydrogen-bond acceptors (Lipinski definition) is 5. The number of hydrogen-bond donors (Lipinski definition) is 2. The number of piperidine rings is 1. The second-order valence-corrected chi connectivity index (χ2v) is 6.17. The van der Waals surface area contributed by atoms with Gasteiger partial charge in [-0.1, -0.05) is 0 Å². The number of likely N-dealkylation sites (tertiary alicyclic amines) is 1. The highest BCUT2D eigenvalue weighted by molar-refractivity contribution is 7.98. The molecule has 1 aromatic rings. The number of aromatic nitrogens is 1. The molecule has 1 saturated heterocycles. The molecule has 2 rings (SSSR count). The second kappa shape index (κ2) is 7.96. The Morgan fingerprint density at radius 2 is 2.09 bits per heavy atom. The molecule has 0 saturated carbocycles. The summed E-state index contributed by atoms with van der Waals surface area (Å²) in [7, 11) is 0. The van der Waals surface area contributed by atoms with Crippen LogP contribution in [0.4, 0.5) is 0 Å². The van der Waals surface area contributed by atoms with Crippen molar-refractivity contribution in [3.8, 4) is 0 Å². The number of nitrogens with zero attached hydrogens (tertiary/aromatic N) is 2. The van der Waals surface area contributed by atoms with Crippen molar-refractivity contribution >= 4 is 29.5 Å². The van der Waals surface area contributed by atoms with E-state index < -0.39 is 11.8 Å². The molecule has 1 aromatic heterocycles. The van der Waals surface area contributed by atoms with E-state index in [2.05, 4.69) is 10.3 Å². The number of primary amides is 1. The van der Waals surface area contributed by atoms with Gasteiger partial charge in [-0.3, -0.25) is 14.4 Å². The van der Waals surface area contributed by atoms with Crippen LogP contribution >= 0.6 is 11.8 Å². The summed E-state index contributed by atoms with van der Waals surface area (Å²) in [4.78, 5) is 40.4. The molecule has 8 heteroatoms. The Bertz CT molecular complexity index is 600. The smallest absolute Gasteiger partial charge is 0.309 e. The van der Waals surface area contributed by atoms with E-state index >= 15 is 0 Å². The largest absolute Gasteiger partial charge is 0.361 e. The lowest BCUT2D eigenvalue weighted by Gasteiger charge is -2.32. The number of nitrogens with one attached hydrogen (secondary N) is 1. The van der Waals surface area contributed by atoms with Gasteiger partial charge in [-0.2, -0.15) is 0 Å². The first kappa shape index (κ1) is 17.3. The second-order valence-electron chi connectivity index (χ2n) is 5.37. The minimum absolute atomic E-state index is 0.0120. The molecular weight excluding hydrogens is 316 g/mol. The monoisotopic (exact) mass is 336 g/mol. The average Bonchev–Trinajstić information content (AvgIpc) is 2.59. The normalized spacial score (nSPS) is 15.3. The maximum absolute atomic E-state index is 12.6. The quantitative estimate of drug-likeness (QED) is 0.606. The highest BCUT2D eigenvalue weighted by atomic mass is 32.2. The van der Waals surface area contributed by atoms with Crippen molar-refractivity contribution in [3.63, 3.8) is 0 Å². The van der Waals surface area contributed by atoms with Gasteiger partial charge in [0.05, 0.1) is 5.56 Å². The molecule has 0 spiro atoms. The van der Waals surface area contributed by atoms with Gasteiger partial charge in [-0.15, -0.1) is 11.8 Å². The standard InChI is InChI=1S/C15H20N4O3S/c1-23-14-11(3-2-6-17-14)15(22)19-7-4-10(5-8-19)9-18-13(21)12(16)20/h2-3,6,10H,4-5,7-9H2,1H3,(H2,16,20)(H,18,21). The van der Waals surface area contributed by atoms with Gasteiger partial charge in [0.15, 0.2) is 0 Å². The molecule has 23 heavy (non-hydrogen) atoms. The zero-order chi connectivity index (χ0) is 16.8. The number of thioether (sulfide) groups is 1. The lowest BCUT2D eigenvalue weighted by atomic mass is 9.96. The first-order valence-electron chi connectivity index (χ1n) is 7.38. The molecule has 0 aromatic carbocycles. The number of carbonyl (C=O) groups excluding carboxylic acids is 3. The molecule has 3 amide bonds. The molecule has 0 atom stereocenters. The molecule has 0 unspecified atom stereocenters. The van der Waals surface area contributed by atoms with Gasteiger partial charge in [-0.05, 0) is 37.1 Å². The summed E-state index contributed by atoms with van der Waals surface area (Å²) in [5, 5.41) is 3.25. The molecule has 0 aliphatic carbocycles. The zero-order valence-electron chi connectivity index (χ0n) is 12.9. The molecule has 124 valence electrons. The molecule has 1 aliphatic heterocycles. The van der Waals surface area contributed by atoms with Crippen LogP contribution in [0.3, 0.4) is 0 Å². The van der Waals surface area contributed by atoms with E-state index in [9.17, 15) is 14.4 Å². The Kier molecular flexibility index (Phi) is 5.97. The number of nitrogens with two attached hydrogens (primary N) is 1. The van der Waals surface area contributed by atoms with E-state index in [0.717, 1.165) is 17.9 Å². The topological polar surface area (TPSA) is 105 Å². The molecular formula is C15H20N4O3S. The van der Waals surface area contributed by atoms with Gasteiger partial charge in [0.2, 0.25) is 0 Å². The van der Waals surface area contributed by atoms with Gasteiger partial charge in [0.1, 0.15) is 5.03 Å². The summed E-state index contributed by atoms with van der Waals surface area (Å²) in [5.41, 5.74) is 5.52. The summed E-state index contributed by atoms with van der Waals surface area (Å²) in [6, 6.07) is 3.55. The Balaban J connectivity index is 1.88. The van der Waals surface area contributed by atoms with Crippen molar-refractivity contribution in [1.29, 1.82) is 0 Å². The lowest BCUT2D eigenvalue weighted by Crippen LogP contribution is -2.43. The van der Waals surface area contributed by atoms with E-state index in [1.807, 2.05) is 11.2 Å². The number of rotatable bonds is 4. The van der Waals surface area contributed by atoms with Crippen molar-refractivity contribution in [2.45, 2.75) is 17.9 Å². The van der Waals surface area contributed by atoms with Crippen molar-refractivity contribution in [3.05, 3.63) is 23.9 Å². The maximum atomic E-state index is 12.6. The minimum atomic E-state index is -0.973. The summed E-state index contributed by atoms with van der Waals surface area (Å²) in [5.74, 6) is -1.50. The predicted octanol–water partition coefficient (Wildman–Crippen LogP) is 0.257. The van der Waals surface area contributed by atoms with Crippen LogP contribution in [-0.2, 0) is 9.59 Å². The third-order valence-electron chi connectivity index (χ3n) is 3.87. The third kappa shape index (κ3) is 4.44. The molecule has 7 nitrogen and oxygen atoms in total.